The second-order valence-corrected chi connectivity index (χ2v) is 4.15. The molecule has 1 rings (SSSR count). The molecule has 1 amide bonds. The summed E-state index contributed by atoms with van der Waals surface area (Å²) < 4.78 is 36.1. The maximum Gasteiger partial charge on any atom is 0.397 e. The third-order valence-electron chi connectivity index (χ3n) is 2.76. The molecule has 3 nitrogen and oxygen atoms in total. The molecule has 16 heavy (non-hydrogen) atoms. The van der Waals surface area contributed by atoms with Crippen molar-refractivity contribution in [3.63, 3.8) is 0 Å². The lowest BCUT2D eigenvalue weighted by molar-refractivity contribution is -0.162. The van der Waals surface area contributed by atoms with Gasteiger partial charge in [-0.05, 0) is 25.2 Å². The first-order valence-electron chi connectivity index (χ1n) is 5.38. The van der Waals surface area contributed by atoms with E-state index in [0.29, 0.717) is 25.9 Å². The summed E-state index contributed by atoms with van der Waals surface area (Å²) in [6.07, 6.45) is -3.67. The van der Waals surface area contributed by atoms with E-state index in [1.165, 1.54) is 4.90 Å². The molecular formula is C10H16F3NO2. The van der Waals surface area contributed by atoms with Gasteiger partial charge < -0.3 is 10.0 Å². The van der Waals surface area contributed by atoms with Gasteiger partial charge in [-0.25, -0.2) is 0 Å². The van der Waals surface area contributed by atoms with E-state index in [9.17, 15) is 18.0 Å². The van der Waals surface area contributed by atoms with E-state index in [4.69, 9.17) is 5.11 Å². The summed E-state index contributed by atoms with van der Waals surface area (Å²) in [5, 5.41) is 8.75. The van der Waals surface area contributed by atoms with Gasteiger partial charge in [-0.1, -0.05) is 0 Å². The molecule has 0 spiro atoms. The van der Waals surface area contributed by atoms with Crippen molar-refractivity contribution < 1.29 is 23.1 Å². The van der Waals surface area contributed by atoms with Crippen LogP contribution in [0.15, 0.2) is 0 Å². The van der Waals surface area contributed by atoms with Crippen molar-refractivity contribution in [1.29, 1.82) is 0 Å². The summed E-state index contributed by atoms with van der Waals surface area (Å²) in [5.74, 6) is -0.717. The quantitative estimate of drug-likeness (QED) is 0.812. The summed E-state index contributed by atoms with van der Waals surface area (Å²) >= 11 is 0. The molecular weight excluding hydrogens is 223 g/mol. The zero-order chi connectivity index (χ0) is 12.2. The Labute approximate surface area is 92.2 Å². The van der Waals surface area contributed by atoms with E-state index < -0.39 is 18.5 Å². The van der Waals surface area contributed by atoms with Crippen LogP contribution in [0.2, 0.25) is 0 Å². The SMILES string of the molecule is O=C(CC(F)(F)F)N1CCCC(CCO)C1. The van der Waals surface area contributed by atoms with Crippen molar-refractivity contribution in [2.24, 2.45) is 5.92 Å². The highest BCUT2D eigenvalue weighted by Gasteiger charge is 2.34. The number of rotatable bonds is 3. The predicted molar refractivity (Wildman–Crippen MR) is 51.7 cm³/mol. The van der Waals surface area contributed by atoms with Gasteiger partial charge in [0.05, 0.1) is 0 Å². The second-order valence-electron chi connectivity index (χ2n) is 4.15. The average Bonchev–Trinajstić information content (AvgIpc) is 2.16. The minimum Gasteiger partial charge on any atom is -0.396 e. The van der Waals surface area contributed by atoms with Crippen molar-refractivity contribution in [3.05, 3.63) is 0 Å². The minimum atomic E-state index is -4.43. The van der Waals surface area contributed by atoms with Crippen molar-refractivity contribution in [3.8, 4) is 0 Å². The Hall–Kier alpha value is -0.780. The monoisotopic (exact) mass is 239 g/mol. The Morgan fingerprint density at radius 3 is 2.69 bits per heavy atom. The fourth-order valence-electron chi connectivity index (χ4n) is 1.99. The van der Waals surface area contributed by atoms with Gasteiger partial charge in [0.2, 0.25) is 5.91 Å². The number of nitrogens with zero attached hydrogens (tertiary/aromatic N) is 1. The highest BCUT2D eigenvalue weighted by Crippen LogP contribution is 2.24. The molecule has 0 saturated carbocycles. The number of amides is 1. The lowest BCUT2D eigenvalue weighted by Gasteiger charge is -2.32. The maximum atomic E-state index is 12.0. The first-order chi connectivity index (χ1) is 7.42. The van der Waals surface area contributed by atoms with Gasteiger partial charge >= 0.3 is 6.18 Å². The molecule has 0 aromatic carbocycles. The molecule has 0 bridgehead atoms. The molecule has 1 unspecified atom stereocenters. The van der Waals surface area contributed by atoms with Crippen LogP contribution in [0, 0.1) is 5.92 Å². The van der Waals surface area contributed by atoms with Gasteiger partial charge in [0.1, 0.15) is 6.42 Å². The number of carbonyl (C=O) groups is 1. The molecule has 0 aromatic heterocycles. The summed E-state index contributed by atoms with van der Waals surface area (Å²) in [7, 11) is 0. The molecule has 1 aliphatic rings. The zero-order valence-corrected chi connectivity index (χ0v) is 8.96. The third-order valence-corrected chi connectivity index (χ3v) is 2.76. The van der Waals surface area contributed by atoms with Crippen LogP contribution in [0.1, 0.15) is 25.7 Å². The summed E-state index contributed by atoms with van der Waals surface area (Å²) in [5.41, 5.74) is 0. The number of likely N-dealkylation sites (tertiary alicyclic amines) is 1. The number of carbonyl (C=O) groups excluding carboxylic acids is 1. The molecule has 0 aliphatic carbocycles. The Bertz CT molecular complexity index is 241. The topological polar surface area (TPSA) is 40.5 Å². The lowest BCUT2D eigenvalue weighted by Crippen LogP contribution is -2.41. The molecule has 1 N–H and O–H groups in total. The highest BCUT2D eigenvalue weighted by molar-refractivity contribution is 5.76. The Morgan fingerprint density at radius 1 is 1.44 bits per heavy atom. The largest absolute Gasteiger partial charge is 0.397 e. The Morgan fingerprint density at radius 2 is 2.12 bits per heavy atom. The van der Waals surface area contributed by atoms with E-state index in [2.05, 4.69) is 0 Å². The minimum absolute atomic E-state index is 0.0198. The van der Waals surface area contributed by atoms with E-state index in [-0.39, 0.29) is 12.5 Å². The average molecular weight is 239 g/mol. The van der Waals surface area contributed by atoms with Crippen LogP contribution >= 0.6 is 0 Å². The predicted octanol–water partition coefficient (Wildman–Crippen LogP) is 1.56. The number of alkyl halides is 3. The van der Waals surface area contributed by atoms with E-state index in [1.807, 2.05) is 0 Å². The van der Waals surface area contributed by atoms with E-state index in [0.717, 1.165) is 6.42 Å². The van der Waals surface area contributed by atoms with Crippen LogP contribution in [-0.4, -0.2) is 41.8 Å². The van der Waals surface area contributed by atoms with Crippen LogP contribution in [0.4, 0.5) is 13.2 Å². The van der Waals surface area contributed by atoms with Crippen LogP contribution in [0.25, 0.3) is 0 Å². The van der Waals surface area contributed by atoms with Gasteiger partial charge in [-0.3, -0.25) is 4.79 Å². The second kappa shape index (κ2) is 5.52. The van der Waals surface area contributed by atoms with Crippen LogP contribution < -0.4 is 0 Å². The summed E-state index contributed by atoms with van der Waals surface area (Å²) in [6, 6.07) is 0. The van der Waals surface area contributed by atoms with Crippen molar-refractivity contribution in [2.45, 2.75) is 31.9 Å². The van der Waals surface area contributed by atoms with E-state index >= 15 is 0 Å². The van der Waals surface area contributed by atoms with Crippen LogP contribution in [-0.2, 0) is 4.79 Å². The highest BCUT2D eigenvalue weighted by atomic mass is 19.4. The van der Waals surface area contributed by atoms with Crippen molar-refractivity contribution >= 4 is 5.91 Å². The maximum absolute atomic E-state index is 12.0. The molecule has 6 heteroatoms. The number of aliphatic hydroxyl groups is 1. The summed E-state index contributed by atoms with van der Waals surface area (Å²) in [6.45, 7) is 0.762. The molecule has 1 fully saturated rings. The molecule has 1 saturated heterocycles. The number of hydrogen-bond acceptors (Lipinski definition) is 2. The molecule has 0 radical (unpaired) electrons. The molecule has 0 aromatic rings. The fraction of sp³-hybridized carbons (Fsp3) is 0.900. The molecule has 1 aliphatic heterocycles. The van der Waals surface area contributed by atoms with Crippen LogP contribution in [0.3, 0.4) is 0 Å². The molecule has 1 heterocycles. The van der Waals surface area contributed by atoms with Gasteiger partial charge in [0.15, 0.2) is 0 Å². The number of hydrogen-bond donors (Lipinski definition) is 1. The molecule has 1 atom stereocenters. The lowest BCUT2D eigenvalue weighted by atomic mass is 9.95. The number of aliphatic hydroxyl groups excluding tert-OH is 1. The normalized spacial score (nSPS) is 22.2. The number of piperidine rings is 1. The Kier molecular flexibility index (Phi) is 4.58. The van der Waals surface area contributed by atoms with Crippen molar-refractivity contribution in [1.82, 2.24) is 4.90 Å². The standard InChI is InChI=1S/C10H16F3NO2/c11-10(12,13)6-9(16)14-4-1-2-8(7-14)3-5-15/h8,15H,1-7H2. The van der Waals surface area contributed by atoms with Gasteiger partial charge in [-0.15, -0.1) is 0 Å². The van der Waals surface area contributed by atoms with Crippen LogP contribution in [0.5, 0.6) is 0 Å². The van der Waals surface area contributed by atoms with Gasteiger partial charge in [0, 0.05) is 19.7 Å². The molecule has 94 valence electrons. The van der Waals surface area contributed by atoms with E-state index in [1.54, 1.807) is 0 Å². The Balaban J connectivity index is 2.44. The zero-order valence-electron chi connectivity index (χ0n) is 8.96. The third kappa shape index (κ3) is 4.38. The first kappa shape index (κ1) is 13.3. The fourth-order valence-corrected chi connectivity index (χ4v) is 1.99. The number of halogens is 3. The first-order valence-corrected chi connectivity index (χ1v) is 5.38. The van der Waals surface area contributed by atoms with Gasteiger partial charge in [-0.2, -0.15) is 13.2 Å². The van der Waals surface area contributed by atoms with Gasteiger partial charge in [0.25, 0.3) is 0 Å². The van der Waals surface area contributed by atoms with Crippen molar-refractivity contribution in [2.75, 3.05) is 19.7 Å². The smallest absolute Gasteiger partial charge is 0.396 e. The summed E-state index contributed by atoms with van der Waals surface area (Å²) in [4.78, 5) is 12.6.